The maximum Gasteiger partial charge on any atom is 0.226 e. The molecular weight excluding hydrogens is 254 g/mol. The molecule has 0 saturated heterocycles. The Hall–Kier alpha value is -1.88. The van der Waals surface area contributed by atoms with E-state index >= 15 is 0 Å². The predicted octanol–water partition coefficient (Wildman–Crippen LogP) is 2.22. The van der Waals surface area contributed by atoms with Crippen LogP contribution in [0.5, 0.6) is 0 Å². The second-order valence-corrected chi connectivity index (χ2v) is 4.88. The third kappa shape index (κ3) is 5.84. The minimum atomic E-state index is -0.0756. The van der Waals surface area contributed by atoms with Gasteiger partial charge in [0.15, 0.2) is 0 Å². The second-order valence-electron chi connectivity index (χ2n) is 4.88. The zero-order chi connectivity index (χ0) is 15.0. The predicted molar refractivity (Wildman–Crippen MR) is 81.7 cm³/mol. The Kier molecular flexibility index (Phi) is 6.73. The van der Waals surface area contributed by atoms with Crippen molar-refractivity contribution in [3.8, 4) is 0 Å². The van der Waals surface area contributed by atoms with Crippen molar-refractivity contribution in [1.29, 1.82) is 0 Å². The number of benzene rings is 1. The van der Waals surface area contributed by atoms with Gasteiger partial charge in [-0.05, 0) is 24.7 Å². The summed E-state index contributed by atoms with van der Waals surface area (Å²) in [5.74, 6) is -0.160. The average Bonchev–Trinajstić information content (AvgIpc) is 2.39. The van der Waals surface area contributed by atoms with Gasteiger partial charge in [-0.3, -0.25) is 9.59 Å². The smallest absolute Gasteiger partial charge is 0.226 e. The van der Waals surface area contributed by atoms with Crippen molar-refractivity contribution in [1.82, 2.24) is 5.32 Å². The summed E-state index contributed by atoms with van der Waals surface area (Å²) in [5.41, 5.74) is 1.38. The summed E-state index contributed by atoms with van der Waals surface area (Å²) < 4.78 is 0. The molecule has 0 radical (unpaired) electrons. The van der Waals surface area contributed by atoms with E-state index < -0.39 is 0 Å². The zero-order valence-electron chi connectivity index (χ0n) is 12.3. The summed E-state index contributed by atoms with van der Waals surface area (Å²) >= 11 is 0. The van der Waals surface area contributed by atoms with Crippen molar-refractivity contribution in [2.75, 3.05) is 23.7 Å². The molecule has 0 atom stereocenters. The van der Waals surface area contributed by atoms with Gasteiger partial charge < -0.3 is 16.0 Å². The van der Waals surface area contributed by atoms with Crippen molar-refractivity contribution in [2.45, 2.75) is 27.2 Å². The number of nitrogens with one attached hydrogen (secondary N) is 3. The van der Waals surface area contributed by atoms with Gasteiger partial charge >= 0.3 is 0 Å². The molecule has 110 valence electrons. The Morgan fingerprint density at radius 3 is 2.40 bits per heavy atom. The van der Waals surface area contributed by atoms with E-state index in [2.05, 4.69) is 16.0 Å². The molecule has 0 spiro atoms. The number of hydrogen-bond donors (Lipinski definition) is 3. The Labute approximate surface area is 120 Å². The lowest BCUT2D eigenvalue weighted by Crippen LogP contribution is -2.21. The topological polar surface area (TPSA) is 70.2 Å². The number of amides is 2. The highest BCUT2D eigenvalue weighted by Crippen LogP contribution is 2.16. The van der Waals surface area contributed by atoms with Gasteiger partial charge in [0.05, 0.1) is 0 Å². The largest absolute Gasteiger partial charge is 0.326 e. The molecule has 1 rings (SSSR count). The van der Waals surface area contributed by atoms with Crippen molar-refractivity contribution in [3.63, 3.8) is 0 Å². The molecule has 0 fully saturated rings. The standard InChI is InChI=1S/C15H23N3O2/c1-4-16-9-8-14(19)17-12-6-5-7-13(10-12)18-15(20)11(2)3/h5-7,10-11,16H,4,8-9H2,1-3H3,(H,17,19)(H,18,20). The van der Waals surface area contributed by atoms with Gasteiger partial charge in [-0.15, -0.1) is 0 Å². The first kappa shape index (κ1) is 16.2. The summed E-state index contributed by atoms with van der Waals surface area (Å²) in [5, 5.41) is 8.72. The highest BCUT2D eigenvalue weighted by molar-refractivity contribution is 5.94. The first-order valence-corrected chi connectivity index (χ1v) is 6.94. The van der Waals surface area contributed by atoms with Crippen LogP contribution >= 0.6 is 0 Å². The Morgan fingerprint density at radius 1 is 1.15 bits per heavy atom. The summed E-state index contributed by atoms with van der Waals surface area (Å²) in [6, 6.07) is 7.16. The van der Waals surface area contributed by atoms with Crippen molar-refractivity contribution < 1.29 is 9.59 Å². The molecule has 0 saturated carbocycles. The van der Waals surface area contributed by atoms with Crippen LogP contribution in [0.4, 0.5) is 11.4 Å². The van der Waals surface area contributed by atoms with E-state index in [1.165, 1.54) is 0 Å². The number of rotatable bonds is 7. The van der Waals surface area contributed by atoms with Gasteiger partial charge in [0, 0.05) is 30.3 Å². The van der Waals surface area contributed by atoms with E-state index in [0.717, 1.165) is 6.54 Å². The molecule has 5 nitrogen and oxygen atoms in total. The van der Waals surface area contributed by atoms with E-state index in [9.17, 15) is 9.59 Å². The lowest BCUT2D eigenvalue weighted by Gasteiger charge is -2.10. The fraction of sp³-hybridized carbons (Fsp3) is 0.467. The van der Waals surface area contributed by atoms with E-state index in [-0.39, 0.29) is 17.7 Å². The first-order chi connectivity index (χ1) is 9.52. The van der Waals surface area contributed by atoms with Gasteiger partial charge in [-0.25, -0.2) is 0 Å². The lowest BCUT2D eigenvalue weighted by atomic mass is 10.2. The van der Waals surface area contributed by atoms with Crippen LogP contribution in [-0.2, 0) is 9.59 Å². The highest BCUT2D eigenvalue weighted by atomic mass is 16.2. The number of carbonyl (C=O) groups is 2. The summed E-state index contributed by atoms with van der Waals surface area (Å²) in [6.07, 6.45) is 0.427. The van der Waals surface area contributed by atoms with Crippen LogP contribution in [-0.4, -0.2) is 24.9 Å². The molecule has 0 aromatic heterocycles. The van der Waals surface area contributed by atoms with Gasteiger partial charge in [0.25, 0.3) is 0 Å². The second kappa shape index (κ2) is 8.32. The van der Waals surface area contributed by atoms with Crippen LogP contribution in [0.3, 0.4) is 0 Å². The summed E-state index contributed by atoms with van der Waals surface area (Å²) in [6.45, 7) is 7.18. The molecule has 5 heteroatoms. The maximum atomic E-state index is 11.7. The normalized spacial score (nSPS) is 10.4. The molecule has 0 aliphatic rings. The number of hydrogen-bond acceptors (Lipinski definition) is 3. The number of carbonyl (C=O) groups excluding carboxylic acids is 2. The highest BCUT2D eigenvalue weighted by Gasteiger charge is 2.08. The van der Waals surface area contributed by atoms with Crippen molar-refractivity contribution >= 4 is 23.2 Å². The number of anilines is 2. The maximum absolute atomic E-state index is 11.7. The molecule has 20 heavy (non-hydrogen) atoms. The van der Waals surface area contributed by atoms with Gasteiger partial charge in [-0.2, -0.15) is 0 Å². The van der Waals surface area contributed by atoms with E-state index in [0.29, 0.717) is 24.3 Å². The van der Waals surface area contributed by atoms with Crippen LogP contribution in [0.2, 0.25) is 0 Å². The summed E-state index contributed by atoms with van der Waals surface area (Å²) in [4.78, 5) is 23.3. The van der Waals surface area contributed by atoms with Gasteiger partial charge in [0.2, 0.25) is 11.8 Å². The van der Waals surface area contributed by atoms with Gasteiger partial charge in [0.1, 0.15) is 0 Å². The third-order valence-corrected chi connectivity index (χ3v) is 2.72. The van der Waals surface area contributed by atoms with Crippen molar-refractivity contribution in [3.05, 3.63) is 24.3 Å². The Balaban J connectivity index is 2.55. The molecule has 2 amide bonds. The third-order valence-electron chi connectivity index (χ3n) is 2.72. The quantitative estimate of drug-likeness (QED) is 0.669. The molecule has 0 aliphatic heterocycles. The van der Waals surface area contributed by atoms with Crippen LogP contribution in [0.1, 0.15) is 27.2 Å². The first-order valence-electron chi connectivity index (χ1n) is 6.94. The Morgan fingerprint density at radius 2 is 1.80 bits per heavy atom. The molecule has 0 unspecified atom stereocenters. The van der Waals surface area contributed by atoms with E-state index in [1.54, 1.807) is 24.3 Å². The molecule has 0 bridgehead atoms. The van der Waals surface area contributed by atoms with Gasteiger partial charge in [-0.1, -0.05) is 26.8 Å². The minimum Gasteiger partial charge on any atom is -0.326 e. The molecule has 1 aromatic rings. The molecule has 0 aliphatic carbocycles. The van der Waals surface area contributed by atoms with E-state index in [1.807, 2.05) is 20.8 Å². The average molecular weight is 277 g/mol. The minimum absolute atomic E-state index is 0.0411. The molecular formula is C15H23N3O2. The van der Waals surface area contributed by atoms with Crippen LogP contribution in [0.25, 0.3) is 0 Å². The molecule has 3 N–H and O–H groups in total. The van der Waals surface area contributed by atoms with Crippen LogP contribution in [0, 0.1) is 5.92 Å². The lowest BCUT2D eigenvalue weighted by molar-refractivity contribution is -0.119. The molecule has 0 heterocycles. The monoisotopic (exact) mass is 277 g/mol. The fourth-order valence-electron chi connectivity index (χ4n) is 1.56. The van der Waals surface area contributed by atoms with Crippen LogP contribution < -0.4 is 16.0 Å². The Bertz CT molecular complexity index is 458. The van der Waals surface area contributed by atoms with Crippen molar-refractivity contribution in [2.24, 2.45) is 5.92 Å². The molecule has 1 aromatic carbocycles. The zero-order valence-corrected chi connectivity index (χ0v) is 12.3. The fourth-order valence-corrected chi connectivity index (χ4v) is 1.56. The van der Waals surface area contributed by atoms with Crippen LogP contribution in [0.15, 0.2) is 24.3 Å². The SMILES string of the molecule is CCNCCC(=O)Nc1cccc(NC(=O)C(C)C)c1. The summed E-state index contributed by atoms with van der Waals surface area (Å²) in [7, 11) is 0. The van der Waals surface area contributed by atoms with E-state index in [4.69, 9.17) is 0 Å².